The van der Waals surface area contributed by atoms with Gasteiger partial charge in [-0.15, -0.1) is 0 Å². The average molecular weight is 416 g/mol. The molecule has 0 aliphatic carbocycles. The van der Waals surface area contributed by atoms with Crippen molar-refractivity contribution in [1.82, 2.24) is 25.1 Å². The SMILES string of the molecule is Cc1n[nH]c(C)c1S(=O)(=O)NC1CCN(C(=O)CNC(=O)OC(C)(C)C)CC1. The van der Waals surface area contributed by atoms with E-state index < -0.39 is 21.7 Å². The number of carbonyl (C=O) groups excluding carboxylic acids is 2. The highest BCUT2D eigenvalue weighted by atomic mass is 32.2. The van der Waals surface area contributed by atoms with Crippen LogP contribution in [0.25, 0.3) is 0 Å². The maximum atomic E-state index is 12.6. The molecule has 0 atom stereocenters. The van der Waals surface area contributed by atoms with Gasteiger partial charge in [-0.25, -0.2) is 17.9 Å². The van der Waals surface area contributed by atoms with Crippen molar-refractivity contribution >= 4 is 22.0 Å². The summed E-state index contributed by atoms with van der Waals surface area (Å²) >= 11 is 0. The number of H-pyrrole nitrogens is 1. The number of nitrogens with zero attached hydrogens (tertiary/aromatic N) is 2. The van der Waals surface area contributed by atoms with Gasteiger partial charge in [-0.1, -0.05) is 0 Å². The molecule has 1 fully saturated rings. The van der Waals surface area contributed by atoms with Gasteiger partial charge in [-0.3, -0.25) is 9.89 Å². The van der Waals surface area contributed by atoms with Gasteiger partial charge in [0.25, 0.3) is 0 Å². The molecule has 11 heteroatoms. The molecule has 3 N–H and O–H groups in total. The molecular formula is C17H29N5O5S. The summed E-state index contributed by atoms with van der Waals surface area (Å²) in [5, 5.41) is 9.04. The number of aromatic nitrogens is 2. The standard InChI is InChI=1S/C17H29N5O5S/c1-11-15(12(2)20-19-11)28(25,26)21-13-6-8-22(9-7-13)14(23)10-18-16(24)27-17(3,4)5/h13,21H,6-10H2,1-5H3,(H,18,24)(H,19,20). The lowest BCUT2D eigenvalue weighted by molar-refractivity contribution is -0.131. The fourth-order valence-electron chi connectivity index (χ4n) is 3.04. The number of hydrogen-bond donors (Lipinski definition) is 3. The molecule has 0 bridgehead atoms. The second-order valence-electron chi connectivity index (χ2n) is 7.89. The number of alkyl carbamates (subject to hydrolysis) is 1. The first kappa shape index (κ1) is 22.2. The van der Waals surface area contributed by atoms with Crippen LogP contribution in [0.15, 0.2) is 4.90 Å². The van der Waals surface area contributed by atoms with Gasteiger partial charge in [0.05, 0.1) is 11.4 Å². The minimum atomic E-state index is -3.68. The zero-order valence-electron chi connectivity index (χ0n) is 17.0. The molecule has 28 heavy (non-hydrogen) atoms. The molecule has 0 aromatic carbocycles. The first-order valence-electron chi connectivity index (χ1n) is 9.17. The summed E-state index contributed by atoms with van der Waals surface area (Å²) in [7, 11) is -3.68. The number of carbonyl (C=O) groups is 2. The molecule has 0 radical (unpaired) electrons. The van der Waals surface area contributed by atoms with E-state index in [2.05, 4.69) is 20.2 Å². The van der Waals surface area contributed by atoms with Gasteiger partial charge in [0.2, 0.25) is 15.9 Å². The van der Waals surface area contributed by atoms with Gasteiger partial charge in [0, 0.05) is 19.1 Å². The molecule has 10 nitrogen and oxygen atoms in total. The predicted octanol–water partition coefficient (Wildman–Crippen LogP) is 0.821. The molecule has 2 amide bonds. The summed E-state index contributed by atoms with van der Waals surface area (Å²) in [4.78, 5) is 25.7. The number of nitrogens with one attached hydrogen (secondary N) is 3. The van der Waals surface area contributed by atoms with Crippen LogP contribution in [0, 0.1) is 13.8 Å². The highest BCUT2D eigenvalue weighted by Gasteiger charge is 2.29. The van der Waals surface area contributed by atoms with Gasteiger partial charge >= 0.3 is 6.09 Å². The van der Waals surface area contributed by atoms with Crippen molar-refractivity contribution in [2.45, 2.75) is 64.0 Å². The summed E-state index contributed by atoms with van der Waals surface area (Å²) in [5.74, 6) is -0.228. The fraction of sp³-hybridized carbons (Fsp3) is 0.706. The molecule has 0 spiro atoms. The normalized spacial score (nSPS) is 16.1. The van der Waals surface area contributed by atoms with E-state index in [1.54, 1.807) is 39.5 Å². The number of piperidine rings is 1. The Morgan fingerprint density at radius 3 is 2.36 bits per heavy atom. The van der Waals surface area contributed by atoms with E-state index >= 15 is 0 Å². The van der Waals surface area contributed by atoms with Crippen LogP contribution in [0.5, 0.6) is 0 Å². The summed E-state index contributed by atoms with van der Waals surface area (Å²) in [6.45, 7) is 9.19. The maximum absolute atomic E-state index is 12.6. The molecule has 1 aliphatic heterocycles. The number of hydrogen-bond acceptors (Lipinski definition) is 6. The third-order valence-corrected chi connectivity index (χ3v) is 6.06. The monoisotopic (exact) mass is 415 g/mol. The van der Waals surface area contributed by atoms with E-state index in [4.69, 9.17) is 4.74 Å². The van der Waals surface area contributed by atoms with Crippen molar-refractivity contribution in [1.29, 1.82) is 0 Å². The summed E-state index contributed by atoms with van der Waals surface area (Å²) < 4.78 is 33.0. The highest BCUT2D eigenvalue weighted by molar-refractivity contribution is 7.89. The Morgan fingerprint density at radius 1 is 1.25 bits per heavy atom. The van der Waals surface area contributed by atoms with Crippen LogP contribution in [-0.4, -0.2) is 66.8 Å². The second kappa shape index (κ2) is 8.48. The molecule has 0 unspecified atom stereocenters. The number of rotatable bonds is 5. The van der Waals surface area contributed by atoms with Crippen molar-refractivity contribution in [2.75, 3.05) is 19.6 Å². The third-order valence-electron chi connectivity index (χ3n) is 4.28. The van der Waals surface area contributed by atoms with Crippen molar-refractivity contribution in [3.63, 3.8) is 0 Å². The van der Waals surface area contributed by atoms with Crippen molar-refractivity contribution < 1.29 is 22.7 Å². The molecular weight excluding hydrogens is 386 g/mol. The van der Waals surface area contributed by atoms with Crippen LogP contribution < -0.4 is 10.0 Å². The summed E-state index contributed by atoms with van der Waals surface area (Å²) in [5.41, 5.74) is 0.283. The van der Waals surface area contributed by atoms with Gasteiger partial charge in [-0.2, -0.15) is 5.10 Å². The van der Waals surface area contributed by atoms with E-state index in [0.717, 1.165) is 0 Å². The molecule has 158 valence electrons. The Balaban J connectivity index is 1.82. The van der Waals surface area contributed by atoms with Crippen molar-refractivity contribution in [3.05, 3.63) is 11.4 Å². The van der Waals surface area contributed by atoms with Crippen molar-refractivity contribution in [2.24, 2.45) is 0 Å². The Hall–Kier alpha value is -2.14. The number of aromatic amines is 1. The molecule has 2 rings (SSSR count). The van der Waals surface area contributed by atoms with E-state index in [1.807, 2.05) is 0 Å². The number of sulfonamides is 1. The molecule has 1 aromatic heterocycles. The largest absolute Gasteiger partial charge is 0.444 e. The zero-order valence-corrected chi connectivity index (χ0v) is 17.8. The Labute approximate surface area is 165 Å². The lowest BCUT2D eigenvalue weighted by Crippen LogP contribution is -2.49. The molecule has 1 saturated heterocycles. The van der Waals surface area contributed by atoms with E-state index in [9.17, 15) is 18.0 Å². The van der Waals surface area contributed by atoms with Gasteiger partial charge in [-0.05, 0) is 47.5 Å². The highest BCUT2D eigenvalue weighted by Crippen LogP contribution is 2.19. The van der Waals surface area contributed by atoms with Crippen LogP contribution in [0.2, 0.25) is 0 Å². The van der Waals surface area contributed by atoms with Crippen LogP contribution in [0.4, 0.5) is 4.79 Å². The fourth-order valence-corrected chi connectivity index (χ4v) is 4.71. The maximum Gasteiger partial charge on any atom is 0.408 e. The Kier molecular flexibility index (Phi) is 6.71. The zero-order chi connectivity index (χ0) is 21.1. The lowest BCUT2D eigenvalue weighted by Gasteiger charge is -2.32. The van der Waals surface area contributed by atoms with Crippen molar-refractivity contribution in [3.8, 4) is 0 Å². The van der Waals surface area contributed by atoms with Crippen LogP contribution >= 0.6 is 0 Å². The first-order chi connectivity index (χ1) is 12.9. The molecule has 1 aliphatic rings. The molecule has 0 saturated carbocycles. The van der Waals surface area contributed by atoms with E-state index in [0.29, 0.717) is 37.3 Å². The van der Waals surface area contributed by atoms with Crippen LogP contribution in [-0.2, 0) is 19.6 Å². The second-order valence-corrected chi connectivity index (χ2v) is 9.55. The third kappa shape index (κ3) is 5.93. The van der Waals surface area contributed by atoms with Crippen LogP contribution in [0.3, 0.4) is 0 Å². The van der Waals surface area contributed by atoms with E-state index in [1.165, 1.54) is 0 Å². The minimum Gasteiger partial charge on any atom is -0.444 e. The number of likely N-dealkylation sites (tertiary alicyclic amines) is 1. The summed E-state index contributed by atoms with van der Waals surface area (Å²) in [6.07, 6.45) is 0.343. The Bertz CT molecular complexity index is 800. The van der Waals surface area contributed by atoms with Gasteiger partial charge in [0.15, 0.2) is 0 Å². The molecule has 1 aromatic rings. The lowest BCUT2D eigenvalue weighted by atomic mass is 10.1. The quantitative estimate of drug-likeness (QED) is 0.652. The van der Waals surface area contributed by atoms with Gasteiger partial charge in [0.1, 0.15) is 17.0 Å². The number of ether oxygens (including phenoxy) is 1. The van der Waals surface area contributed by atoms with E-state index in [-0.39, 0.29) is 23.4 Å². The summed E-state index contributed by atoms with van der Waals surface area (Å²) in [6, 6.07) is -0.262. The number of aryl methyl sites for hydroxylation is 2. The van der Waals surface area contributed by atoms with Gasteiger partial charge < -0.3 is 15.0 Å². The number of amides is 2. The minimum absolute atomic E-state index is 0.154. The Morgan fingerprint density at radius 2 is 1.86 bits per heavy atom. The predicted molar refractivity (Wildman–Crippen MR) is 102 cm³/mol. The topological polar surface area (TPSA) is 133 Å². The average Bonchev–Trinajstić information content (AvgIpc) is 2.91. The smallest absolute Gasteiger partial charge is 0.408 e. The van der Waals surface area contributed by atoms with Crippen LogP contribution in [0.1, 0.15) is 45.0 Å². The first-order valence-corrected chi connectivity index (χ1v) is 10.7. The molecule has 2 heterocycles.